The van der Waals surface area contributed by atoms with E-state index in [1.807, 2.05) is 6.07 Å². The SMILES string of the molecule is COc1cc(C=NNC(N)=O)cc(Br)c1OC1CCCC1. The minimum Gasteiger partial charge on any atom is -0.493 e. The number of halogens is 1. The lowest BCUT2D eigenvalue weighted by Crippen LogP contribution is -2.24. The number of carbonyl (C=O) groups excluding carboxylic acids is 1. The van der Waals surface area contributed by atoms with Crippen LogP contribution < -0.4 is 20.6 Å². The van der Waals surface area contributed by atoms with Crippen molar-refractivity contribution in [1.29, 1.82) is 0 Å². The quantitative estimate of drug-likeness (QED) is 0.628. The van der Waals surface area contributed by atoms with Gasteiger partial charge in [0.15, 0.2) is 11.5 Å². The highest BCUT2D eigenvalue weighted by molar-refractivity contribution is 9.10. The number of urea groups is 1. The van der Waals surface area contributed by atoms with E-state index in [9.17, 15) is 4.79 Å². The van der Waals surface area contributed by atoms with Crippen LogP contribution in [0.2, 0.25) is 0 Å². The van der Waals surface area contributed by atoms with Crippen LogP contribution in [0.3, 0.4) is 0 Å². The molecule has 3 N–H and O–H groups in total. The number of primary amides is 1. The molecule has 1 aromatic carbocycles. The highest BCUT2D eigenvalue weighted by Gasteiger charge is 2.20. The number of benzene rings is 1. The number of ether oxygens (including phenoxy) is 2. The largest absolute Gasteiger partial charge is 0.493 e. The number of amides is 2. The Morgan fingerprint density at radius 3 is 2.81 bits per heavy atom. The second-order valence-corrected chi connectivity index (χ2v) is 5.65. The molecule has 21 heavy (non-hydrogen) atoms. The molecule has 0 aromatic heterocycles. The number of nitrogens with zero attached hydrogens (tertiary/aromatic N) is 1. The number of hydrogen-bond acceptors (Lipinski definition) is 4. The van der Waals surface area contributed by atoms with E-state index in [4.69, 9.17) is 15.2 Å². The third-order valence-electron chi connectivity index (χ3n) is 3.23. The van der Waals surface area contributed by atoms with E-state index >= 15 is 0 Å². The topological polar surface area (TPSA) is 85.9 Å². The van der Waals surface area contributed by atoms with Gasteiger partial charge in [0.25, 0.3) is 0 Å². The summed E-state index contributed by atoms with van der Waals surface area (Å²) >= 11 is 3.49. The van der Waals surface area contributed by atoms with Crippen LogP contribution in [0, 0.1) is 0 Å². The van der Waals surface area contributed by atoms with Gasteiger partial charge in [-0.15, -0.1) is 0 Å². The molecule has 0 bridgehead atoms. The van der Waals surface area contributed by atoms with Crippen molar-refractivity contribution in [1.82, 2.24) is 5.43 Å². The van der Waals surface area contributed by atoms with Crippen LogP contribution in [0.25, 0.3) is 0 Å². The predicted octanol–water partition coefficient (Wildman–Crippen LogP) is 2.78. The van der Waals surface area contributed by atoms with E-state index in [1.54, 1.807) is 13.2 Å². The number of methoxy groups -OCH3 is 1. The third-order valence-corrected chi connectivity index (χ3v) is 3.82. The molecule has 114 valence electrons. The zero-order valence-electron chi connectivity index (χ0n) is 11.8. The lowest BCUT2D eigenvalue weighted by atomic mass is 10.2. The third kappa shape index (κ3) is 4.35. The number of nitrogens with two attached hydrogens (primary N) is 1. The van der Waals surface area contributed by atoms with Gasteiger partial charge in [-0.3, -0.25) is 0 Å². The summed E-state index contributed by atoms with van der Waals surface area (Å²) in [6.07, 6.45) is 6.27. The van der Waals surface area contributed by atoms with E-state index in [0.29, 0.717) is 11.5 Å². The summed E-state index contributed by atoms with van der Waals surface area (Å²) in [7, 11) is 1.59. The van der Waals surface area contributed by atoms with Crippen molar-refractivity contribution in [3.8, 4) is 11.5 Å². The van der Waals surface area contributed by atoms with Gasteiger partial charge >= 0.3 is 6.03 Å². The molecule has 1 saturated carbocycles. The highest BCUT2D eigenvalue weighted by atomic mass is 79.9. The molecule has 0 radical (unpaired) electrons. The summed E-state index contributed by atoms with van der Waals surface area (Å²) in [5, 5.41) is 3.72. The van der Waals surface area contributed by atoms with E-state index in [2.05, 4.69) is 26.5 Å². The number of carbonyl (C=O) groups is 1. The van der Waals surface area contributed by atoms with E-state index in [1.165, 1.54) is 19.1 Å². The molecule has 0 spiro atoms. The second-order valence-electron chi connectivity index (χ2n) is 4.79. The molecule has 1 fully saturated rings. The number of hydrazone groups is 1. The minimum absolute atomic E-state index is 0.242. The summed E-state index contributed by atoms with van der Waals surface area (Å²) < 4.78 is 12.2. The maximum Gasteiger partial charge on any atom is 0.332 e. The highest BCUT2D eigenvalue weighted by Crippen LogP contribution is 2.38. The fourth-order valence-electron chi connectivity index (χ4n) is 2.27. The summed E-state index contributed by atoms with van der Waals surface area (Å²) in [6.45, 7) is 0. The van der Waals surface area contributed by atoms with Gasteiger partial charge in [0.05, 0.1) is 23.9 Å². The molecule has 0 heterocycles. The number of rotatable bonds is 5. The summed E-state index contributed by atoms with van der Waals surface area (Å²) in [4.78, 5) is 10.6. The monoisotopic (exact) mass is 355 g/mol. The first kappa shape index (κ1) is 15.6. The summed E-state index contributed by atoms with van der Waals surface area (Å²) in [5.41, 5.74) is 7.84. The maximum atomic E-state index is 10.6. The Kier molecular flexibility index (Phi) is 5.44. The van der Waals surface area contributed by atoms with Gasteiger partial charge in [0, 0.05) is 0 Å². The van der Waals surface area contributed by atoms with E-state index in [0.717, 1.165) is 22.9 Å². The van der Waals surface area contributed by atoms with Crippen molar-refractivity contribution in [3.63, 3.8) is 0 Å². The molecule has 6 nitrogen and oxygen atoms in total. The van der Waals surface area contributed by atoms with Gasteiger partial charge in [-0.2, -0.15) is 5.10 Å². The number of hydrogen-bond donors (Lipinski definition) is 2. The molecule has 0 unspecified atom stereocenters. The predicted molar refractivity (Wildman–Crippen MR) is 83.9 cm³/mol. The van der Waals surface area contributed by atoms with Crippen molar-refractivity contribution >= 4 is 28.2 Å². The van der Waals surface area contributed by atoms with Crippen LogP contribution >= 0.6 is 15.9 Å². The minimum atomic E-state index is -0.710. The molecule has 0 saturated heterocycles. The molecule has 1 aliphatic rings. The Bertz CT molecular complexity index is 543. The molecular weight excluding hydrogens is 338 g/mol. The molecule has 2 amide bonds. The van der Waals surface area contributed by atoms with Gasteiger partial charge in [-0.05, 0) is 59.3 Å². The Morgan fingerprint density at radius 2 is 2.19 bits per heavy atom. The van der Waals surface area contributed by atoms with Crippen LogP contribution in [0.5, 0.6) is 11.5 Å². The summed E-state index contributed by atoms with van der Waals surface area (Å²) in [6, 6.07) is 2.93. The van der Waals surface area contributed by atoms with Crippen molar-refractivity contribution < 1.29 is 14.3 Å². The Labute approximate surface area is 131 Å². The van der Waals surface area contributed by atoms with E-state index < -0.39 is 6.03 Å². The van der Waals surface area contributed by atoms with Crippen molar-refractivity contribution in [2.45, 2.75) is 31.8 Å². The van der Waals surface area contributed by atoms with Crippen molar-refractivity contribution in [2.75, 3.05) is 7.11 Å². The zero-order chi connectivity index (χ0) is 15.2. The fraction of sp³-hybridized carbons (Fsp3) is 0.429. The van der Waals surface area contributed by atoms with Gasteiger partial charge in [0.2, 0.25) is 0 Å². The first-order valence-electron chi connectivity index (χ1n) is 6.73. The standard InChI is InChI=1S/C14H18BrN3O3/c1-20-12-7-9(8-17-18-14(16)19)6-11(15)13(12)21-10-4-2-3-5-10/h6-8,10H,2-5H2,1H3,(H3,16,18,19). The number of nitrogens with one attached hydrogen (secondary N) is 1. The molecular formula is C14H18BrN3O3. The van der Waals surface area contributed by atoms with E-state index in [-0.39, 0.29) is 6.10 Å². The van der Waals surface area contributed by atoms with Crippen molar-refractivity contribution in [3.05, 3.63) is 22.2 Å². The van der Waals surface area contributed by atoms with Crippen LogP contribution in [-0.2, 0) is 0 Å². The zero-order valence-corrected chi connectivity index (χ0v) is 13.4. The lowest BCUT2D eigenvalue weighted by molar-refractivity contribution is 0.199. The first-order valence-corrected chi connectivity index (χ1v) is 7.52. The van der Waals surface area contributed by atoms with Crippen LogP contribution in [0.15, 0.2) is 21.7 Å². The molecule has 7 heteroatoms. The first-order chi connectivity index (χ1) is 10.1. The second kappa shape index (κ2) is 7.31. The fourth-order valence-corrected chi connectivity index (χ4v) is 2.83. The lowest BCUT2D eigenvalue weighted by Gasteiger charge is -2.17. The van der Waals surface area contributed by atoms with Gasteiger partial charge < -0.3 is 15.2 Å². The summed E-state index contributed by atoms with van der Waals surface area (Å²) in [5.74, 6) is 1.32. The van der Waals surface area contributed by atoms with Crippen LogP contribution in [0.4, 0.5) is 4.79 Å². The average molecular weight is 356 g/mol. The molecule has 1 aliphatic carbocycles. The van der Waals surface area contributed by atoms with Gasteiger partial charge in [-0.25, -0.2) is 10.2 Å². The van der Waals surface area contributed by atoms with Crippen molar-refractivity contribution in [2.24, 2.45) is 10.8 Å². The van der Waals surface area contributed by atoms with Crippen LogP contribution in [0.1, 0.15) is 31.2 Å². The maximum absolute atomic E-state index is 10.6. The average Bonchev–Trinajstić information content (AvgIpc) is 2.94. The Balaban J connectivity index is 2.17. The Hall–Kier alpha value is -1.76. The van der Waals surface area contributed by atoms with Gasteiger partial charge in [-0.1, -0.05) is 0 Å². The molecule has 2 rings (SSSR count). The smallest absolute Gasteiger partial charge is 0.332 e. The molecule has 0 atom stereocenters. The van der Waals surface area contributed by atoms with Gasteiger partial charge in [0.1, 0.15) is 0 Å². The molecule has 0 aliphatic heterocycles. The molecule has 1 aromatic rings. The van der Waals surface area contributed by atoms with Crippen LogP contribution in [-0.4, -0.2) is 25.5 Å². The Morgan fingerprint density at radius 1 is 1.48 bits per heavy atom. The normalized spacial score (nSPS) is 15.3.